The summed E-state index contributed by atoms with van der Waals surface area (Å²) in [5, 5.41) is 9.99. The Balaban J connectivity index is 3.55. The number of carbonyl (C=O) groups excluding carboxylic acids is 3. The summed E-state index contributed by atoms with van der Waals surface area (Å²) >= 11 is 0. The van der Waals surface area contributed by atoms with Crippen LogP contribution in [-0.4, -0.2) is 48.7 Å². The van der Waals surface area contributed by atoms with E-state index in [1.54, 1.807) is 33.8 Å². The summed E-state index contributed by atoms with van der Waals surface area (Å²) in [6, 6.07) is 2.55. The van der Waals surface area contributed by atoms with Gasteiger partial charge in [0.15, 0.2) is 0 Å². The highest BCUT2D eigenvalue weighted by Gasteiger charge is 2.66. The second-order valence-electron chi connectivity index (χ2n) is 8.05. The maximum atomic E-state index is 12.8. The zero-order valence-electron chi connectivity index (χ0n) is 16.4. The van der Waals surface area contributed by atoms with Crippen molar-refractivity contribution < 1.29 is 23.9 Å². The van der Waals surface area contributed by atoms with E-state index in [-0.39, 0.29) is 13.0 Å². The second kappa shape index (κ2) is 7.62. The fourth-order valence-electron chi connectivity index (χ4n) is 3.32. The number of nitrogens with zero attached hydrogens (tertiary/aromatic N) is 2. The van der Waals surface area contributed by atoms with Gasteiger partial charge in [-0.25, -0.2) is 14.5 Å². The third-order valence-corrected chi connectivity index (χ3v) is 8.28. The number of ether oxygens (including phenoxy) is 2. The number of rotatable bonds is 5. The molecule has 2 amide bonds. The van der Waals surface area contributed by atoms with Gasteiger partial charge in [-0.2, -0.15) is 5.26 Å². The van der Waals surface area contributed by atoms with E-state index in [9.17, 15) is 19.6 Å². The lowest BCUT2D eigenvalue weighted by Crippen LogP contribution is -2.60. The first-order chi connectivity index (χ1) is 11.9. The molecule has 7 nitrogen and oxygen atoms in total. The minimum Gasteiger partial charge on any atom is -0.463 e. The third-order valence-electron chi connectivity index (χ3n) is 4.43. The number of carbonyl (C=O) groups is 3. The van der Waals surface area contributed by atoms with Crippen molar-refractivity contribution in [2.45, 2.75) is 69.9 Å². The zero-order chi connectivity index (χ0) is 20.3. The van der Waals surface area contributed by atoms with E-state index in [1.807, 2.05) is 19.2 Å². The third kappa shape index (κ3) is 3.98. The van der Waals surface area contributed by atoms with Crippen molar-refractivity contribution in [1.29, 1.82) is 5.26 Å². The monoisotopic (exact) mass is 380 g/mol. The van der Waals surface area contributed by atoms with E-state index in [4.69, 9.17) is 9.47 Å². The molecule has 0 saturated carbocycles. The number of allylic oxidation sites excluding steroid dienone is 1. The van der Waals surface area contributed by atoms with Crippen molar-refractivity contribution in [2.75, 3.05) is 6.61 Å². The molecule has 0 unspecified atom stereocenters. The Morgan fingerprint density at radius 2 is 2.04 bits per heavy atom. The van der Waals surface area contributed by atoms with Crippen LogP contribution in [0, 0.1) is 11.3 Å². The van der Waals surface area contributed by atoms with Gasteiger partial charge in [-0.05, 0) is 33.7 Å². The van der Waals surface area contributed by atoms with Gasteiger partial charge in [-0.15, -0.1) is 6.58 Å². The maximum absolute atomic E-state index is 12.8. The first-order valence-electron chi connectivity index (χ1n) is 8.62. The molecule has 1 heterocycles. The van der Waals surface area contributed by atoms with Crippen LogP contribution < -0.4 is 0 Å². The van der Waals surface area contributed by atoms with Gasteiger partial charge in [-0.3, -0.25) is 4.79 Å². The molecule has 0 aliphatic carbocycles. The Labute approximate surface area is 155 Å². The van der Waals surface area contributed by atoms with Gasteiger partial charge in [0.2, 0.25) is 11.4 Å². The molecule has 1 aliphatic rings. The smallest absolute Gasteiger partial charge is 0.418 e. The first-order valence-corrected chi connectivity index (χ1v) is 11.9. The molecule has 0 aromatic heterocycles. The fraction of sp³-hybridized carbons (Fsp3) is 0.667. The SMILES string of the molecule is C=CC[Si](C)(C)[C@H]1CC(=O)N(C(=O)OC(C)(C)C)[C@@]1(C#N)C(=O)OCC. The highest BCUT2D eigenvalue weighted by Crippen LogP contribution is 2.49. The average molecular weight is 381 g/mol. The topological polar surface area (TPSA) is 96.7 Å². The average Bonchev–Trinajstić information content (AvgIpc) is 2.80. The van der Waals surface area contributed by atoms with Gasteiger partial charge in [0.05, 0.1) is 14.7 Å². The second-order valence-corrected chi connectivity index (χ2v) is 13.1. The molecule has 0 N–H and O–H groups in total. The molecular weight excluding hydrogens is 352 g/mol. The minimum atomic E-state index is -2.32. The Kier molecular flexibility index (Phi) is 6.42. The molecule has 1 saturated heterocycles. The van der Waals surface area contributed by atoms with Crippen molar-refractivity contribution in [2.24, 2.45) is 0 Å². The molecule has 1 rings (SSSR count). The van der Waals surface area contributed by atoms with Gasteiger partial charge in [0, 0.05) is 12.0 Å². The summed E-state index contributed by atoms with van der Waals surface area (Å²) in [5.74, 6) is -1.47. The van der Waals surface area contributed by atoms with E-state index >= 15 is 0 Å². The van der Waals surface area contributed by atoms with Crippen molar-refractivity contribution in [3.63, 3.8) is 0 Å². The van der Waals surface area contributed by atoms with Crippen molar-refractivity contribution >= 4 is 26.0 Å². The molecule has 0 bridgehead atoms. The van der Waals surface area contributed by atoms with Gasteiger partial charge in [0.1, 0.15) is 11.7 Å². The lowest BCUT2D eigenvalue weighted by molar-refractivity contribution is -0.155. The summed E-state index contributed by atoms with van der Waals surface area (Å²) in [6.45, 7) is 14.3. The number of hydrogen-bond acceptors (Lipinski definition) is 6. The van der Waals surface area contributed by atoms with Crippen LogP contribution in [0.5, 0.6) is 0 Å². The maximum Gasteiger partial charge on any atom is 0.418 e. The quantitative estimate of drug-likeness (QED) is 0.413. The lowest BCUT2D eigenvalue weighted by Gasteiger charge is -2.39. The Hall–Kier alpha value is -2.14. The molecule has 0 aromatic rings. The number of imide groups is 1. The van der Waals surface area contributed by atoms with Crippen LogP contribution >= 0.6 is 0 Å². The summed E-state index contributed by atoms with van der Waals surface area (Å²) in [6.07, 6.45) is 0.654. The number of esters is 1. The number of amides is 2. The van der Waals surface area contributed by atoms with Crippen LogP contribution in [0.3, 0.4) is 0 Å². The molecule has 2 atom stereocenters. The van der Waals surface area contributed by atoms with E-state index in [0.717, 1.165) is 0 Å². The summed E-state index contributed by atoms with van der Waals surface area (Å²) in [4.78, 5) is 38.9. The highest BCUT2D eigenvalue weighted by atomic mass is 28.3. The van der Waals surface area contributed by atoms with E-state index in [0.29, 0.717) is 10.9 Å². The first kappa shape index (κ1) is 21.9. The van der Waals surface area contributed by atoms with Crippen LogP contribution in [-0.2, 0) is 19.1 Å². The van der Waals surface area contributed by atoms with Crippen LogP contribution in [0.2, 0.25) is 24.7 Å². The Bertz CT molecular complexity index is 647. The number of likely N-dealkylation sites (tertiary alicyclic amines) is 1. The predicted molar refractivity (Wildman–Crippen MR) is 98.9 cm³/mol. The molecule has 26 heavy (non-hydrogen) atoms. The number of nitriles is 1. The van der Waals surface area contributed by atoms with Crippen molar-refractivity contribution in [1.82, 2.24) is 4.90 Å². The molecule has 144 valence electrons. The van der Waals surface area contributed by atoms with Gasteiger partial charge in [-0.1, -0.05) is 19.2 Å². The van der Waals surface area contributed by atoms with Gasteiger partial charge < -0.3 is 9.47 Å². The molecule has 0 radical (unpaired) electrons. The molecule has 1 fully saturated rings. The van der Waals surface area contributed by atoms with Crippen molar-refractivity contribution in [3.05, 3.63) is 12.7 Å². The van der Waals surface area contributed by atoms with Crippen LogP contribution in [0.1, 0.15) is 34.1 Å². The minimum absolute atomic E-state index is 0.0365. The molecule has 8 heteroatoms. The summed E-state index contributed by atoms with van der Waals surface area (Å²) in [5.41, 5.74) is -3.50. The normalized spacial score (nSPS) is 23.3. The Morgan fingerprint density at radius 1 is 1.46 bits per heavy atom. The molecular formula is C18H28N2O5Si. The van der Waals surface area contributed by atoms with Crippen LogP contribution in [0.15, 0.2) is 12.7 Å². The molecule has 0 spiro atoms. The van der Waals surface area contributed by atoms with Gasteiger partial charge >= 0.3 is 12.1 Å². The largest absolute Gasteiger partial charge is 0.463 e. The Morgan fingerprint density at radius 3 is 2.46 bits per heavy atom. The molecule has 1 aliphatic heterocycles. The van der Waals surface area contributed by atoms with Crippen molar-refractivity contribution in [3.8, 4) is 6.07 Å². The van der Waals surface area contributed by atoms with Crippen LogP contribution in [0.4, 0.5) is 4.79 Å². The lowest BCUT2D eigenvalue weighted by atomic mass is 9.97. The predicted octanol–water partition coefficient (Wildman–Crippen LogP) is 3.24. The number of hydrogen-bond donors (Lipinski definition) is 0. The van der Waals surface area contributed by atoms with E-state index < -0.39 is 42.7 Å². The van der Waals surface area contributed by atoms with E-state index in [1.165, 1.54) is 0 Å². The zero-order valence-corrected chi connectivity index (χ0v) is 17.4. The highest BCUT2D eigenvalue weighted by molar-refractivity contribution is 6.80. The standard InChI is InChI=1S/C18H28N2O5Si/c1-8-10-26(6,7)13-11-14(21)20(16(23)25-17(3,4)5)18(13,12-19)15(22)24-9-2/h8,13H,1,9-11H2,2-7H3/t13-,18+/m0/s1. The van der Waals surface area contributed by atoms with Gasteiger partial charge in [0.25, 0.3) is 0 Å². The fourth-order valence-corrected chi connectivity index (χ4v) is 6.52. The van der Waals surface area contributed by atoms with E-state index in [2.05, 4.69) is 6.58 Å². The molecule has 0 aromatic carbocycles. The summed E-state index contributed by atoms with van der Waals surface area (Å²) < 4.78 is 10.4. The van der Waals surface area contributed by atoms with Crippen LogP contribution in [0.25, 0.3) is 0 Å². The summed E-state index contributed by atoms with van der Waals surface area (Å²) in [7, 11) is -2.32.